The van der Waals surface area contributed by atoms with Gasteiger partial charge in [-0.05, 0) is 24.1 Å². The van der Waals surface area contributed by atoms with Gasteiger partial charge >= 0.3 is 5.97 Å². The number of halogens is 1. The van der Waals surface area contributed by atoms with Crippen LogP contribution in [0.3, 0.4) is 0 Å². The minimum atomic E-state index is -0.760. The van der Waals surface area contributed by atoms with Crippen LogP contribution in [0, 0.1) is 5.92 Å². The van der Waals surface area contributed by atoms with Gasteiger partial charge in [-0.15, -0.1) is 0 Å². The van der Waals surface area contributed by atoms with Crippen LogP contribution >= 0.6 is 11.6 Å². The zero-order valence-electron chi connectivity index (χ0n) is 8.52. The van der Waals surface area contributed by atoms with Crippen molar-refractivity contribution >= 4 is 17.6 Å². The molecule has 0 unspecified atom stereocenters. The van der Waals surface area contributed by atoms with Crippen LogP contribution in [0.1, 0.15) is 12.0 Å². The molecular formula is C12H11ClO3. The Morgan fingerprint density at radius 2 is 2.12 bits per heavy atom. The molecule has 3 nitrogen and oxygen atoms in total. The fourth-order valence-corrected chi connectivity index (χ4v) is 3.04. The summed E-state index contributed by atoms with van der Waals surface area (Å²) in [6, 6.07) is 7.42. The monoisotopic (exact) mass is 238 g/mol. The molecule has 4 heteroatoms. The molecule has 16 heavy (non-hydrogen) atoms. The number of hydrogen-bond donors (Lipinski definition) is 1. The second kappa shape index (κ2) is 3.22. The van der Waals surface area contributed by atoms with Gasteiger partial charge in [0.05, 0.1) is 18.6 Å². The summed E-state index contributed by atoms with van der Waals surface area (Å²) in [7, 11) is 0. The zero-order chi connectivity index (χ0) is 11.3. The summed E-state index contributed by atoms with van der Waals surface area (Å²) in [6.07, 6.45) is 0.708. The van der Waals surface area contributed by atoms with Gasteiger partial charge in [-0.1, -0.05) is 23.7 Å². The molecule has 3 atom stereocenters. The molecule has 4 rings (SSSR count). The lowest BCUT2D eigenvalue weighted by molar-refractivity contribution is -0.150. The van der Waals surface area contributed by atoms with E-state index in [2.05, 4.69) is 0 Å². The predicted octanol–water partition coefficient (Wildman–Crippen LogP) is 2.08. The molecular weight excluding hydrogens is 228 g/mol. The first-order valence-electron chi connectivity index (χ1n) is 5.24. The topological polar surface area (TPSA) is 46.5 Å². The van der Waals surface area contributed by atoms with E-state index in [0.29, 0.717) is 11.6 Å². The highest BCUT2D eigenvalue weighted by Gasteiger charge is 2.64. The van der Waals surface area contributed by atoms with Crippen molar-refractivity contribution in [3.63, 3.8) is 0 Å². The Bertz CT molecular complexity index is 438. The summed E-state index contributed by atoms with van der Waals surface area (Å²) in [4.78, 5) is 11.2. The third-order valence-corrected chi connectivity index (χ3v) is 4.02. The number of carboxylic acid groups (broad SMARTS) is 1. The molecule has 1 saturated carbocycles. The van der Waals surface area contributed by atoms with E-state index in [0.717, 1.165) is 12.0 Å². The van der Waals surface area contributed by atoms with Gasteiger partial charge in [-0.2, -0.15) is 0 Å². The Labute approximate surface area is 98.0 Å². The molecule has 2 aliphatic heterocycles. The van der Waals surface area contributed by atoms with Crippen molar-refractivity contribution in [2.24, 2.45) is 5.92 Å². The van der Waals surface area contributed by atoms with Crippen molar-refractivity contribution in [3.8, 4) is 0 Å². The van der Waals surface area contributed by atoms with E-state index < -0.39 is 11.9 Å². The largest absolute Gasteiger partial charge is 0.481 e. The smallest absolute Gasteiger partial charge is 0.310 e. The minimum Gasteiger partial charge on any atom is -0.481 e. The average Bonchev–Trinajstić information content (AvgIpc) is 2.76. The predicted molar refractivity (Wildman–Crippen MR) is 58.6 cm³/mol. The van der Waals surface area contributed by atoms with Gasteiger partial charge in [0.25, 0.3) is 0 Å². The number of benzene rings is 1. The molecule has 0 aromatic heterocycles. The molecule has 2 saturated heterocycles. The summed E-state index contributed by atoms with van der Waals surface area (Å²) >= 11 is 5.83. The van der Waals surface area contributed by atoms with Crippen molar-refractivity contribution in [2.75, 3.05) is 6.61 Å². The van der Waals surface area contributed by atoms with Crippen LogP contribution in [-0.2, 0) is 14.9 Å². The van der Waals surface area contributed by atoms with Crippen molar-refractivity contribution in [1.82, 2.24) is 0 Å². The minimum absolute atomic E-state index is 0.104. The van der Waals surface area contributed by atoms with Gasteiger partial charge in [0.15, 0.2) is 0 Å². The van der Waals surface area contributed by atoms with Crippen LogP contribution in [0.5, 0.6) is 0 Å². The van der Waals surface area contributed by atoms with E-state index in [9.17, 15) is 9.90 Å². The summed E-state index contributed by atoms with van der Waals surface area (Å²) in [5, 5.41) is 9.86. The van der Waals surface area contributed by atoms with Crippen LogP contribution in [0.25, 0.3) is 0 Å². The van der Waals surface area contributed by atoms with E-state index >= 15 is 0 Å². The number of fused-ring (bicyclic) bond motifs is 1. The van der Waals surface area contributed by atoms with Gasteiger partial charge < -0.3 is 9.84 Å². The van der Waals surface area contributed by atoms with Crippen molar-refractivity contribution in [2.45, 2.75) is 17.9 Å². The second-order valence-corrected chi connectivity index (χ2v) is 4.97. The first-order chi connectivity index (χ1) is 7.63. The lowest BCUT2D eigenvalue weighted by Gasteiger charge is -2.42. The molecule has 1 aromatic carbocycles. The molecule has 0 amide bonds. The standard InChI is InChI=1S/C12H11ClO3/c13-8-3-1-7(2-4-8)12-5-9(16-6-12)10(12)11(14)15/h1-4,9-10H,5-6H2,(H,14,15)/t9-,10+,12-/m1/s1. The first-order valence-corrected chi connectivity index (χ1v) is 5.62. The Morgan fingerprint density at radius 1 is 1.44 bits per heavy atom. The van der Waals surface area contributed by atoms with Crippen LogP contribution in [0.4, 0.5) is 0 Å². The normalized spacial score (nSPS) is 35.8. The van der Waals surface area contributed by atoms with Crippen molar-refractivity contribution in [3.05, 3.63) is 34.9 Å². The SMILES string of the molecule is O=C(O)[C@@H]1[C@H]2C[C@]1(c1ccc(Cl)cc1)CO2. The highest BCUT2D eigenvalue weighted by molar-refractivity contribution is 6.30. The lowest BCUT2D eigenvalue weighted by atomic mass is 9.58. The van der Waals surface area contributed by atoms with Gasteiger partial charge in [-0.3, -0.25) is 4.79 Å². The Balaban J connectivity index is 2.00. The summed E-state index contributed by atoms with van der Waals surface area (Å²) < 4.78 is 5.47. The average molecular weight is 239 g/mol. The van der Waals surface area contributed by atoms with Gasteiger partial charge in [0.1, 0.15) is 0 Å². The van der Waals surface area contributed by atoms with Crippen molar-refractivity contribution < 1.29 is 14.6 Å². The number of hydrogen-bond acceptors (Lipinski definition) is 2. The van der Waals surface area contributed by atoms with Gasteiger partial charge in [0.2, 0.25) is 0 Å². The third kappa shape index (κ3) is 1.16. The Hall–Kier alpha value is -1.06. The third-order valence-electron chi connectivity index (χ3n) is 3.77. The molecule has 2 heterocycles. The molecule has 2 bridgehead atoms. The van der Waals surface area contributed by atoms with E-state index in [1.165, 1.54) is 0 Å². The molecule has 1 N–H and O–H groups in total. The number of rotatable bonds is 2. The molecule has 0 spiro atoms. The number of carboxylic acids is 1. The quantitative estimate of drug-likeness (QED) is 0.858. The van der Waals surface area contributed by atoms with Gasteiger partial charge in [0, 0.05) is 10.4 Å². The van der Waals surface area contributed by atoms with Crippen LogP contribution in [0.2, 0.25) is 5.02 Å². The summed E-state index contributed by atoms with van der Waals surface area (Å²) in [6.45, 7) is 0.510. The fraction of sp³-hybridized carbons (Fsp3) is 0.417. The fourth-order valence-electron chi connectivity index (χ4n) is 2.92. The van der Waals surface area contributed by atoms with E-state index in [1.54, 1.807) is 12.1 Å². The Kier molecular flexibility index (Phi) is 2.03. The maximum absolute atomic E-state index is 11.2. The zero-order valence-corrected chi connectivity index (χ0v) is 9.28. The second-order valence-electron chi connectivity index (χ2n) is 4.53. The molecule has 84 valence electrons. The van der Waals surface area contributed by atoms with Crippen molar-refractivity contribution in [1.29, 1.82) is 0 Å². The maximum Gasteiger partial charge on any atom is 0.310 e. The van der Waals surface area contributed by atoms with Crippen LogP contribution in [0.15, 0.2) is 24.3 Å². The number of aliphatic carboxylic acids is 1. The Morgan fingerprint density at radius 3 is 2.69 bits per heavy atom. The summed E-state index contributed by atoms with van der Waals surface area (Å²) in [5.41, 5.74) is 0.708. The van der Waals surface area contributed by atoms with Crippen LogP contribution < -0.4 is 0 Å². The van der Waals surface area contributed by atoms with E-state index in [-0.39, 0.29) is 11.5 Å². The van der Waals surface area contributed by atoms with E-state index in [1.807, 2.05) is 12.1 Å². The first kappa shape index (κ1) is 10.1. The highest BCUT2D eigenvalue weighted by atomic mass is 35.5. The molecule has 3 fully saturated rings. The molecule has 0 radical (unpaired) electrons. The highest BCUT2D eigenvalue weighted by Crippen LogP contribution is 2.56. The molecule has 1 aliphatic carbocycles. The van der Waals surface area contributed by atoms with Gasteiger partial charge in [-0.25, -0.2) is 0 Å². The van der Waals surface area contributed by atoms with Crippen LogP contribution in [-0.4, -0.2) is 23.8 Å². The molecule has 3 aliphatic rings. The number of ether oxygens (including phenoxy) is 1. The van der Waals surface area contributed by atoms with E-state index in [4.69, 9.17) is 16.3 Å². The molecule has 1 aromatic rings. The summed E-state index contributed by atoms with van der Waals surface area (Å²) in [5.74, 6) is -1.16. The maximum atomic E-state index is 11.2. The lowest BCUT2D eigenvalue weighted by Crippen LogP contribution is -2.52. The number of carbonyl (C=O) groups is 1.